The lowest BCUT2D eigenvalue weighted by Crippen LogP contribution is -2.49. The largest absolute Gasteiger partial charge is 0.382 e. The Labute approximate surface area is 215 Å². The lowest BCUT2D eigenvalue weighted by molar-refractivity contribution is 0.0153. The van der Waals surface area contributed by atoms with Gasteiger partial charge in [0.15, 0.2) is 5.13 Å². The zero-order valence-corrected chi connectivity index (χ0v) is 21.2. The Morgan fingerprint density at radius 1 is 0.972 bits per heavy atom. The fourth-order valence-corrected chi connectivity index (χ4v) is 5.42. The van der Waals surface area contributed by atoms with Gasteiger partial charge in [-0.2, -0.15) is 0 Å². The average Bonchev–Trinajstić information content (AvgIpc) is 3.29. The zero-order valence-electron chi connectivity index (χ0n) is 20.4. The van der Waals surface area contributed by atoms with Crippen molar-refractivity contribution in [2.45, 2.75) is 13.2 Å². The number of thiazole rings is 1. The van der Waals surface area contributed by atoms with Crippen molar-refractivity contribution in [3.8, 4) is 0 Å². The van der Waals surface area contributed by atoms with Crippen LogP contribution in [0.2, 0.25) is 0 Å². The quantitative estimate of drug-likeness (QED) is 0.415. The normalized spacial score (nSPS) is 17.7. The molecule has 0 amide bonds. The smallest absolute Gasteiger partial charge is 0.206 e. The van der Waals surface area contributed by atoms with Crippen molar-refractivity contribution in [2.24, 2.45) is 0 Å². The molecule has 1 aromatic heterocycles. The monoisotopic (exact) mass is 508 g/mol. The molecule has 0 spiro atoms. The highest BCUT2D eigenvalue weighted by Gasteiger charge is 2.21. The summed E-state index contributed by atoms with van der Waals surface area (Å²) in [7, 11) is 0. The predicted octanol–water partition coefficient (Wildman–Crippen LogP) is 3.00. The van der Waals surface area contributed by atoms with Gasteiger partial charge in [0.05, 0.1) is 13.2 Å². The van der Waals surface area contributed by atoms with Crippen molar-refractivity contribution in [2.75, 3.05) is 73.3 Å². The predicted molar refractivity (Wildman–Crippen MR) is 145 cm³/mol. The van der Waals surface area contributed by atoms with E-state index in [4.69, 9.17) is 10.5 Å². The minimum absolute atomic E-state index is 0.127. The summed E-state index contributed by atoms with van der Waals surface area (Å²) in [6.45, 7) is 8.37. The number of nitrogens with zero attached hydrogens (tertiary/aromatic N) is 4. The first-order chi connectivity index (χ1) is 17.5. The number of aliphatic hydroxyl groups excluding tert-OH is 1. The fraction of sp³-hybridized carbons (Fsp3) is 0.385. The molecule has 3 heterocycles. The molecule has 2 aliphatic heterocycles. The van der Waals surface area contributed by atoms with Crippen LogP contribution < -0.4 is 20.9 Å². The Balaban J connectivity index is 1.21. The number of ether oxygens (including phenoxy) is 1. The molecule has 9 nitrogen and oxygen atoms in total. The van der Waals surface area contributed by atoms with Crippen molar-refractivity contribution in [3.05, 3.63) is 59.0 Å². The van der Waals surface area contributed by atoms with Gasteiger partial charge >= 0.3 is 0 Å². The highest BCUT2D eigenvalue weighted by molar-refractivity contribution is 7.18. The van der Waals surface area contributed by atoms with Crippen LogP contribution in [0.3, 0.4) is 0 Å². The van der Waals surface area contributed by atoms with Crippen LogP contribution in [0.4, 0.5) is 28.0 Å². The van der Waals surface area contributed by atoms with Crippen LogP contribution in [0.15, 0.2) is 48.5 Å². The third-order valence-electron chi connectivity index (χ3n) is 6.69. The molecule has 0 aliphatic carbocycles. The lowest BCUT2D eigenvalue weighted by Gasteiger charge is -2.37. The minimum atomic E-state index is -0.407. The molecule has 1 atom stereocenters. The second-order valence-electron chi connectivity index (χ2n) is 9.04. The number of hydrogen-bond acceptors (Lipinski definition) is 10. The van der Waals surface area contributed by atoms with E-state index in [9.17, 15) is 9.90 Å². The summed E-state index contributed by atoms with van der Waals surface area (Å²) in [5, 5.41) is 13.6. The van der Waals surface area contributed by atoms with E-state index in [2.05, 4.69) is 37.1 Å². The van der Waals surface area contributed by atoms with Crippen molar-refractivity contribution in [1.82, 2.24) is 9.88 Å². The van der Waals surface area contributed by atoms with Crippen LogP contribution in [0, 0.1) is 0 Å². The van der Waals surface area contributed by atoms with Gasteiger partial charge in [-0.25, -0.2) is 4.98 Å². The first-order valence-corrected chi connectivity index (χ1v) is 13.1. The summed E-state index contributed by atoms with van der Waals surface area (Å²) >= 11 is 1.26. The van der Waals surface area contributed by atoms with E-state index in [1.54, 1.807) is 0 Å². The molecule has 0 radical (unpaired) electrons. The second kappa shape index (κ2) is 10.8. The Kier molecular flexibility index (Phi) is 7.38. The SMILES string of the molecule is CC(O)N1CCN(c2ccc(Nc3nc(N)c(C(=O)c4ccc(N5CCOCC5)cc4)s3)cc2)CC1. The number of benzene rings is 2. The number of anilines is 5. The van der Waals surface area contributed by atoms with Crippen LogP contribution in [-0.4, -0.2) is 79.5 Å². The number of aliphatic hydroxyl groups is 1. The maximum Gasteiger partial charge on any atom is 0.206 e. The molecule has 2 aliphatic rings. The molecule has 4 N–H and O–H groups in total. The second-order valence-corrected chi connectivity index (χ2v) is 10.0. The van der Waals surface area contributed by atoms with Crippen molar-refractivity contribution in [1.29, 1.82) is 0 Å². The first-order valence-electron chi connectivity index (χ1n) is 12.3. The van der Waals surface area contributed by atoms with Crippen molar-refractivity contribution in [3.63, 3.8) is 0 Å². The molecular formula is C26H32N6O3S. The Morgan fingerprint density at radius 3 is 2.17 bits per heavy atom. The third-order valence-corrected chi connectivity index (χ3v) is 7.68. The molecular weight excluding hydrogens is 476 g/mol. The van der Waals surface area contributed by atoms with Gasteiger partial charge in [0.2, 0.25) is 5.78 Å². The van der Waals surface area contributed by atoms with Crippen molar-refractivity contribution < 1.29 is 14.6 Å². The number of hydrogen-bond donors (Lipinski definition) is 3. The Morgan fingerprint density at radius 2 is 1.56 bits per heavy atom. The molecule has 0 saturated carbocycles. The van der Waals surface area contributed by atoms with Crippen molar-refractivity contribution >= 4 is 45.1 Å². The maximum absolute atomic E-state index is 13.1. The summed E-state index contributed by atoms with van der Waals surface area (Å²) in [5.41, 5.74) is 9.82. The van der Waals surface area contributed by atoms with Crippen LogP contribution in [0.5, 0.6) is 0 Å². The first kappa shape index (κ1) is 24.5. The van der Waals surface area contributed by atoms with Gasteiger partial charge < -0.3 is 30.7 Å². The third kappa shape index (κ3) is 5.46. The Hall–Kier alpha value is -3.18. The van der Waals surface area contributed by atoms with Gasteiger partial charge in [-0.3, -0.25) is 9.69 Å². The molecule has 1 unspecified atom stereocenters. The topological polar surface area (TPSA) is 107 Å². The number of rotatable bonds is 7. The molecule has 5 rings (SSSR count). The summed E-state index contributed by atoms with van der Waals surface area (Å²) < 4.78 is 5.41. The number of nitrogens with one attached hydrogen (secondary N) is 1. The average molecular weight is 509 g/mol. The van der Waals surface area contributed by atoms with Gasteiger partial charge in [-0.15, -0.1) is 0 Å². The van der Waals surface area contributed by atoms with Gasteiger partial charge in [0.1, 0.15) is 16.9 Å². The standard InChI is InChI=1S/C26H32N6O3S/c1-18(33)30-10-12-31(13-11-30)22-8-4-20(5-9-22)28-26-29-25(27)24(36-26)23(34)19-2-6-21(7-3-19)32-14-16-35-17-15-32/h2-9,18,33H,10-17,27H2,1H3,(H,28,29). The lowest BCUT2D eigenvalue weighted by atomic mass is 10.1. The highest BCUT2D eigenvalue weighted by Crippen LogP contribution is 2.31. The molecule has 36 heavy (non-hydrogen) atoms. The number of nitrogen functional groups attached to an aromatic ring is 1. The number of morpholine rings is 1. The summed E-state index contributed by atoms with van der Waals surface area (Å²) in [5.74, 6) is 0.107. The molecule has 190 valence electrons. The molecule has 2 saturated heterocycles. The molecule has 3 aromatic rings. The highest BCUT2D eigenvalue weighted by atomic mass is 32.1. The van der Waals surface area contributed by atoms with E-state index in [1.807, 2.05) is 43.3 Å². The zero-order chi connectivity index (χ0) is 25.1. The van der Waals surface area contributed by atoms with Gasteiger partial charge in [0, 0.05) is 61.9 Å². The number of aromatic nitrogens is 1. The summed E-state index contributed by atoms with van der Waals surface area (Å²) in [6.07, 6.45) is -0.407. The maximum atomic E-state index is 13.1. The van der Waals surface area contributed by atoms with Crippen LogP contribution in [0.25, 0.3) is 0 Å². The number of ketones is 1. The minimum Gasteiger partial charge on any atom is -0.382 e. The van der Waals surface area contributed by atoms with Crippen LogP contribution in [0.1, 0.15) is 22.2 Å². The molecule has 2 fully saturated rings. The molecule has 2 aromatic carbocycles. The van der Waals surface area contributed by atoms with E-state index in [0.717, 1.165) is 69.5 Å². The summed E-state index contributed by atoms with van der Waals surface area (Å²) in [6, 6.07) is 15.8. The number of carbonyl (C=O) groups is 1. The van der Waals surface area contributed by atoms with Gasteiger partial charge in [0.25, 0.3) is 0 Å². The van der Waals surface area contributed by atoms with E-state index in [-0.39, 0.29) is 11.6 Å². The van der Waals surface area contributed by atoms with E-state index in [0.29, 0.717) is 15.6 Å². The van der Waals surface area contributed by atoms with Gasteiger partial charge in [-0.05, 0) is 55.5 Å². The number of nitrogens with two attached hydrogens (primary N) is 1. The van der Waals surface area contributed by atoms with Crippen LogP contribution in [-0.2, 0) is 4.74 Å². The van der Waals surface area contributed by atoms with E-state index >= 15 is 0 Å². The Bertz CT molecular complexity index is 1170. The number of carbonyl (C=O) groups excluding carboxylic acids is 1. The van der Waals surface area contributed by atoms with Gasteiger partial charge in [-0.1, -0.05) is 11.3 Å². The molecule has 0 bridgehead atoms. The van der Waals surface area contributed by atoms with E-state index in [1.165, 1.54) is 11.3 Å². The number of piperazine rings is 1. The van der Waals surface area contributed by atoms with E-state index < -0.39 is 6.23 Å². The van der Waals surface area contributed by atoms with Crippen LogP contribution >= 0.6 is 11.3 Å². The molecule has 10 heteroatoms. The summed E-state index contributed by atoms with van der Waals surface area (Å²) in [4.78, 5) is 24.6. The fourth-order valence-electron chi connectivity index (χ4n) is 4.56.